The predicted molar refractivity (Wildman–Crippen MR) is 28.2 cm³/mol. The van der Waals surface area contributed by atoms with Gasteiger partial charge in [-0.2, -0.15) is 8.42 Å². The lowest BCUT2D eigenvalue weighted by molar-refractivity contribution is -0.402. The first-order chi connectivity index (χ1) is 3.73. The molecule has 4 N–H and O–H groups in total. The fourth-order valence-corrected chi connectivity index (χ4v) is 0. The summed E-state index contributed by atoms with van der Waals surface area (Å²) in [6.07, 6.45) is 0. The Kier molecular flexibility index (Phi) is 9.86. The van der Waals surface area contributed by atoms with Crippen molar-refractivity contribution in [3.8, 4) is 0 Å². The van der Waals surface area contributed by atoms with Crippen LogP contribution in [0.5, 0.6) is 0 Å². The van der Waals surface area contributed by atoms with Crippen LogP contribution in [0.1, 0.15) is 0 Å². The largest absolute Gasteiger partial charge is 0.412 e. The van der Waals surface area contributed by atoms with Gasteiger partial charge in [0.1, 0.15) is 0 Å². The van der Waals surface area contributed by atoms with E-state index in [0.717, 1.165) is 0 Å². The Morgan fingerprint density at radius 1 is 1.20 bits per heavy atom. The Labute approximate surface area is 54.9 Å². The van der Waals surface area contributed by atoms with Crippen LogP contribution >= 0.6 is 0 Å². The van der Waals surface area contributed by atoms with E-state index in [0.29, 0.717) is 0 Å². The molecule has 0 heterocycles. The molecule has 0 unspecified atom stereocenters. The smallest absolute Gasteiger partial charge is 0.394 e. The van der Waals surface area contributed by atoms with Gasteiger partial charge in [0.25, 0.3) is 0 Å². The molecule has 10 heteroatoms. The van der Waals surface area contributed by atoms with Crippen molar-refractivity contribution in [1.82, 2.24) is 0 Å². The average Bonchev–Trinajstić information content (AvgIpc) is 1.19. The fraction of sp³-hybridized carbons (Fsp3) is 0. The van der Waals surface area contributed by atoms with Gasteiger partial charge >= 0.3 is 10.4 Å². The van der Waals surface area contributed by atoms with Crippen molar-refractivity contribution in [2.75, 3.05) is 0 Å². The molecule has 9 nitrogen and oxygen atoms in total. The van der Waals surface area contributed by atoms with E-state index in [1.165, 1.54) is 0 Å². The molecule has 0 fully saturated rings. The molecular weight excluding hydrogens is 174 g/mol. The molecule has 0 rings (SSSR count). The second-order valence-corrected chi connectivity index (χ2v) is 1.57. The van der Waals surface area contributed by atoms with Crippen LogP contribution < -0.4 is 0 Å². The molecule has 10 heavy (non-hydrogen) atoms. The molecule has 0 amide bonds. The van der Waals surface area contributed by atoms with Crippen molar-refractivity contribution in [2.24, 2.45) is 0 Å². The van der Waals surface area contributed by atoms with Gasteiger partial charge in [0.05, 0.1) is 5.09 Å². The Bertz CT molecular complexity index is 152. The highest BCUT2D eigenvalue weighted by Gasteiger charge is 1.84. The Morgan fingerprint density at radius 3 is 1.20 bits per heavy atom. The van der Waals surface area contributed by atoms with Gasteiger partial charge in [0.2, 0.25) is 0 Å². The van der Waals surface area contributed by atoms with Crippen LogP contribution in [-0.4, -0.2) is 28.1 Å². The number of nitrogens with zero attached hydrogens (tertiary/aromatic N) is 1. The first kappa shape index (κ1) is 16.0. The van der Waals surface area contributed by atoms with Crippen molar-refractivity contribution in [3.05, 3.63) is 15.3 Å². The Morgan fingerprint density at radius 2 is 1.20 bits per heavy atom. The van der Waals surface area contributed by atoms with Gasteiger partial charge in [-0.05, 0) is 0 Å². The van der Waals surface area contributed by atoms with Gasteiger partial charge in [-0.3, -0.25) is 9.11 Å². The minimum atomic E-state index is -4.67. The summed E-state index contributed by atoms with van der Waals surface area (Å²) in [6, 6.07) is 0. The molecule has 0 bridgehead atoms. The summed E-state index contributed by atoms with van der Waals surface area (Å²) < 4.78 is 31.6. The maximum absolute atomic E-state index is 8.74. The van der Waals surface area contributed by atoms with E-state index in [-0.39, 0.29) is 5.48 Å². The summed E-state index contributed by atoms with van der Waals surface area (Å²) in [5, 5.41) is 14.8. The lowest BCUT2D eigenvalue weighted by Gasteiger charge is -1.74. The number of hydrogen-bond acceptors (Lipinski definition) is 5. The van der Waals surface area contributed by atoms with Gasteiger partial charge in [-0.1, -0.05) is 0 Å². The van der Waals surface area contributed by atoms with Gasteiger partial charge in [0.15, 0.2) is 0 Å². The second kappa shape index (κ2) is 6.15. The summed E-state index contributed by atoms with van der Waals surface area (Å²) in [6.45, 7) is 0. The van der Waals surface area contributed by atoms with E-state index in [4.69, 9.17) is 32.8 Å². The van der Waals surface area contributed by atoms with Crippen LogP contribution in [-0.2, 0) is 10.4 Å². The molecule has 0 spiro atoms. The second-order valence-electron chi connectivity index (χ2n) is 0.671. The van der Waals surface area contributed by atoms with E-state index in [2.05, 4.69) is 0 Å². The highest BCUT2D eigenvalue weighted by atomic mass is 32.3. The zero-order chi connectivity index (χ0) is 8.08. The zero-order valence-electron chi connectivity index (χ0n) is 4.29. The molecule has 0 radical (unpaired) electrons. The Balaban J connectivity index is -0.0000000910. The van der Waals surface area contributed by atoms with E-state index in [9.17, 15) is 0 Å². The number of rotatable bonds is 0. The molecule has 0 aliphatic rings. The molecule has 0 aromatic heterocycles. The molecule has 0 aromatic rings. The normalized spacial score (nSPS) is 8.20. The topological polar surface area (TPSA) is 172 Å². The van der Waals surface area contributed by atoms with Crippen molar-refractivity contribution >= 4 is 10.4 Å². The van der Waals surface area contributed by atoms with Crippen LogP contribution in [0.4, 0.5) is 0 Å². The molecule has 0 saturated heterocycles. The molecule has 0 saturated carbocycles. The summed E-state index contributed by atoms with van der Waals surface area (Å²) in [7, 11) is -4.67. The fourth-order valence-electron chi connectivity index (χ4n) is 0. The lowest BCUT2D eigenvalue weighted by Crippen LogP contribution is -1.89. The molecule has 64 valence electrons. The van der Waals surface area contributed by atoms with Crippen LogP contribution in [0.2, 0.25) is 0 Å². The van der Waals surface area contributed by atoms with Crippen LogP contribution in [0.15, 0.2) is 0 Å². The van der Waals surface area contributed by atoms with Crippen LogP contribution in [0.25, 0.3) is 0 Å². The lowest BCUT2D eigenvalue weighted by atomic mass is 13.1. The maximum atomic E-state index is 8.74. The molecule has 0 atom stereocenters. The zero-order valence-corrected chi connectivity index (χ0v) is 5.11. The minimum Gasteiger partial charge on any atom is -0.412 e. The van der Waals surface area contributed by atoms with E-state index in [1.807, 2.05) is 0 Å². The third-order valence-corrected chi connectivity index (χ3v) is 0. The van der Waals surface area contributed by atoms with E-state index >= 15 is 0 Å². The highest BCUT2D eigenvalue weighted by molar-refractivity contribution is 7.79. The summed E-state index contributed by atoms with van der Waals surface area (Å²) in [4.78, 5) is 8.25. The van der Waals surface area contributed by atoms with Crippen molar-refractivity contribution in [1.29, 1.82) is 0 Å². The highest BCUT2D eigenvalue weighted by Crippen LogP contribution is 1.59. The van der Waals surface area contributed by atoms with Crippen molar-refractivity contribution < 1.29 is 28.1 Å². The van der Waals surface area contributed by atoms with Gasteiger partial charge in [0, 0.05) is 0 Å². The molecule has 0 aliphatic heterocycles. The van der Waals surface area contributed by atoms with Gasteiger partial charge in [-0.25, -0.2) is 0 Å². The van der Waals surface area contributed by atoms with Crippen LogP contribution in [0, 0.1) is 15.3 Å². The first-order valence-electron chi connectivity index (χ1n) is 1.25. The van der Waals surface area contributed by atoms with E-state index in [1.54, 1.807) is 0 Å². The number of hydrogen-bond donors (Lipinski definition) is 2. The quantitative estimate of drug-likeness (QED) is 0.252. The SMILES string of the molecule is O.O=S(=O)(O)O.O=[N+]([O-])[O-]. The monoisotopic (exact) mass is 178 g/mol. The van der Waals surface area contributed by atoms with Gasteiger partial charge < -0.3 is 20.8 Å². The first-order valence-corrected chi connectivity index (χ1v) is 2.64. The maximum Gasteiger partial charge on any atom is 0.394 e. The summed E-state index contributed by atoms with van der Waals surface area (Å²) in [5.74, 6) is 0. The van der Waals surface area contributed by atoms with E-state index < -0.39 is 15.5 Å². The third kappa shape index (κ3) is 272. The van der Waals surface area contributed by atoms with Crippen LogP contribution in [0.3, 0.4) is 0 Å². The van der Waals surface area contributed by atoms with Gasteiger partial charge in [-0.15, -0.1) is 0 Å². The van der Waals surface area contributed by atoms with Crippen molar-refractivity contribution in [2.45, 2.75) is 0 Å². The Hall–Kier alpha value is -0.970. The standard InChI is InChI=1S/NO3.H2O4S.H2O/c2-1(3)4;1-5(2,3)4;/h;(H2,1,2,3,4);1H2/q-1;;. The molecule has 0 aromatic carbocycles. The predicted octanol–water partition coefficient (Wildman–Crippen LogP) is -1.72. The average molecular weight is 178 g/mol. The minimum absolute atomic E-state index is 0. The molecular formula is H4NO8S-. The van der Waals surface area contributed by atoms with Crippen molar-refractivity contribution in [3.63, 3.8) is 0 Å². The summed E-state index contributed by atoms with van der Waals surface area (Å²) in [5.41, 5.74) is 0. The third-order valence-electron chi connectivity index (χ3n) is 0. The summed E-state index contributed by atoms with van der Waals surface area (Å²) >= 11 is 0. The molecule has 0 aliphatic carbocycles.